The molecular formula is C27H23Cl2NO3. The fraction of sp³-hybridized carbons (Fsp3) is 0.148. The summed E-state index contributed by atoms with van der Waals surface area (Å²) in [6, 6.07) is 15.0. The molecule has 168 valence electrons. The van der Waals surface area contributed by atoms with Gasteiger partial charge in [-0.05, 0) is 56.2 Å². The molecule has 0 atom stereocenters. The summed E-state index contributed by atoms with van der Waals surface area (Å²) >= 11 is 12.5. The molecule has 0 aliphatic rings. The first-order valence-corrected chi connectivity index (χ1v) is 11.1. The van der Waals surface area contributed by atoms with Crippen LogP contribution in [-0.4, -0.2) is 13.0 Å². The molecule has 0 saturated heterocycles. The van der Waals surface area contributed by atoms with Gasteiger partial charge >= 0.3 is 0 Å². The first-order valence-electron chi connectivity index (χ1n) is 10.4. The number of ether oxygens (including phenoxy) is 1. The number of halogens is 2. The molecule has 0 fully saturated rings. The number of carbonyl (C=O) groups is 1. The van der Waals surface area contributed by atoms with Crippen molar-refractivity contribution in [1.29, 1.82) is 0 Å². The highest BCUT2D eigenvalue weighted by Crippen LogP contribution is 2.40. The van der Waals surface area contributed by atoms with E-state index in [9.17, 15) is 4.79 Å². The summed E-state index contributed by atoms with van der Waals surface area (Å²) in [5.74, 6) is 0.397. The first-order chi connectivity index (χ1) is 15.8. The molecule has 33 heavy (non-hydrogen) atoms. The van der Waals surface area contributed by atoms with Crippen molar-refractivity contribution in [2.75, 3.05) is 12.4 Å². The van der Waals surface area contributed by atoms with Crippen LogP contribution in [0, 0.1) is 13.8 Å². The highest BCUT2D eigenvalue weighted by molar-refractivity contribution is 6.36. The predicted octanol–water partition coefficient (Wildman–Crippen LogP) is 8.07. The second-order valence-corrected chi connectivity index (χ2v) is 8.80. The third-order valence-electron chi connectivity index (χ3n) is 5.53. The molecule has 0 unspecified atom stereocenters. The smallest absolute Gasteiger partial charge is 0.248 e. The molecule has 0 saturated carbocycles. The predicted molar refractivity (Wildman–Crippen MR) is 136 cm³/mol. The average Bonchev–Trinajstić information content (AvgIpc) is 3.17. The number of anilines is 1. The number of benzene rings is 3. The van der Waals surface area contributed by atoms with Crippen molar-refractivity contribution in [3.63, 3.8) is 0 Å². The van der Waals surface area contributed by atoms with Crippen LogP contribution >= 0.6 is 23.2 Å². The third kappa shape index (κ3) is 4.77. The fourth-order valence-corrected chi connectivity index (χ4v) is 4.36. The van der Waals surface area contributed by atoms with E-state index in [1.807, 2.05) is 57.2 Å². The SMILES string of the molecule is COc1cc2occ(-c3ccc(Cl)cc3Cl)c2cc1/C(C)=C/C(=O)Nc1ccc(C)cc1C. The lowest BCUT2D eigenvalue weighted by atomic mass is 9.99. The molecule has 0 aliphatic heterocycles. The number of methoxy groups -OCH3 is 1. The number of rotatable bonds is 5. The molecule has 3 aromatic carbocycles. The molecule has 4 nitrogen and oxygen atoms in total. The highest BCUT2D eigenvalue weighted by atomic mass is 35.5. The van der Waals surface area contributed by atoms with Crippen LogP contribution in [0.3, 0.4) is 0 Å². The third-order valence-corrected chi connectivity index (χ3v) is 6.08. The Morgan fingerprint density at radius 1 is 1.03 bits per heavy atom. The van der Waals surface area contributed by atoms with Crippen molar-refractivity contribution < 1.29 is 13.9 Å². The topological polar surface area (TPSA) is 51.5 Å². The number of carbonyl (C=O) groups excluding carboxylic acids is 1. The second kappa shape index (κ2) is 9.34. The molecule has 1 aromatic heterocycles. The Balaban J connectivity index is 1.73. The van der Waals surface area contributed by atoms with Gasteiger partial charge in [0.25, 0.3) is 0 Å². The van der Waals surface area contributed by atoms with Gasteiger partial charge in [0, 0.05) is 44.9 Å². The number of allylic oxidation sites excluding steroid dienone is 1. The monoisotopic (exact) mass is 479 g/mol. The Hall–Kier alpha value is -3.21. The van der Waals surface area contributed by atoms with Gasteiger partial charge in [0.2, 0.25) is 5.91 Å². The van der Waals surface area contributed by atoms with Crippen LogP contribution in [0.4, 0.5) is 5.69 Å². The minimum atomic E-state index is -0.213. The molecule has 4 rings (SSSR count). The summed E-state index contributed by atoms with van der Waals surface area (Å²) in [5, 5.41) is 4.90. The quantitative estimate of drug-likeness (QED) is 0.294. The lowest BCUT2D eigenvalue weighted by molar-refractivity contribution is -0.111. The Labute approximate surface area is 202 Å². The van der Waals surface area contributed by atoms with Gasteiger partial charge in [0.1, 0.15) is 11.3 Å². The van der Waals surface area contributed by atoms with E-state index in [-0.39, 0.29) is 5.91 Å². The summed E-state index contributed by atoms with van der Waals surface area (Å²) in [6.07, 6.45) is 3.23. The van der Waals surface area contributed by atoms with Crippen molar-refractivity contribution >= 4 is 51.3 Å². The van der Waals surface area contributed by atoms with Gasteiger partial charge < -0.3 is 14.5 Å². The molecule has 1 heterocycles. The van der Waals surface area contributed by atoms with E-state index in [1.54, 1.807) is 31.6 Å². The lowest BCUT2D eigenvalue weighted by Gasteiger charge is -2.11. The molecule has 6 heteroatoms. The number of nitrogens with one attached hydrogen (secondary N) is 1. The molecule has 0 bridgehead atoms. The maximum atomic E-state index is 12.7. The van der Waals surface area contributed by atoms with Gasteiger partial charge in [0.15, 0.2) is 0 Å². The number of aryl methyl sites for hydroxylation is 2. The Kier molecular flexibility index (Phi) is 6.50. The summed E-state index contributed by atoms with van der Waals surface area (Å²) in [4.78, 5) is 12.7. The van der Waals surface area contributed by atoms with Crippen LogP contribution in [0.2, 0.25) is 10.0 Å². The Bertz CT molecular complexity index is 1400. The molecule has 1 amide bonds. The van der Waals surface area contributed by atoms with E-state index in [0.717, 1.165) is 44.5 Å². The van der Waals surface area contributed by atoms with Crippen molar-refractivity contribution in [3.05, 3.63) is 87.6 Å². The van der Waals surface area contributed by atoms with Crippen LogP contribution < -0.4 is 10.1 Å². The van der Waals surface area contributed by atoms with Crippen molar-refractivity contribution in [1.82, 2.24) is 0 Å². The Morgan fingerprint density at radius 2 is 1.82 bits per heavy atom. The Morgan fingerprint density at radius 3 is 2.52 bits per heavy atom. The van der Waals surface area contributed by atoms with Gasteiger partial charge in [-0.25, -0.2) is 0 Å². The molecule has 0 spiro atoms. The zero-order valence-corrected chi connectivity index (χ0v) is 20.3. The minimum absolute atomic E-state index is 0.213. The lowest BCUT2D eigenvalue weighted by Crippen LogP contribution is -2.10. The van der Waals surface area contributed by atoms with Crippen LogP contribution in [0.15, 0.2) is 65.3 Å². The minimum Gasteiger partial charge on any atom is -0.496 e. The van der Waals surface area contributed by atoms with Crippen molar-refractivity contribution in [3.8, 4) is 16.9 Å². The van der Waals surface area contributed by atoms with Gasteiger partial charge in [0.05, 0.1) is 18.4 Å². The van der Waals surface area contributed by atoms with E-state index >= 15 is 0 Å². The van der Waals surface area contributed by atoms with Crippen LogP contribution in [-0.2, 0) is 4.79 Å². The van der Waals surface area contributed by atoms with Gasteiger partial charge in [-0.2, -0.15) is 0 Å². The summed E-state index contributed by atoms with van der Waals surface area (Å²) in [5.41, 5.74) is 6.78. The number of amides is 1. The number of hydrogen-bond acceptors (Lipinski definition) is 3. The fourth-order valence-electron chi connectivity index (χ4n) is 3.85. The molecular weight excluding hydrogens is 457 g/mol. The average molecular weight is 480 g/mol. The van der Waals surface area contributed by atoms with E-state index in [1.165, 1.54) is 0 Å². The number of furan rings is 1. The second-order valence-electron chi connectivity index (χ2n) is 7.96. The normalized spacial score (nSPS) is 11.6. The molecule has 4 aromatic rings. The van der Waals surface area contributed by atoms with Crippen molar-refractivity contribution in [2.24, 2.45) is 0 Å². The first kappa shape index (κ1) is 23.0. The van der Waals surface area contributed by atoms with Crippen molar-refractivity contribution in [2.45, 2.75) is 20.8 Å². The van der Waals surface area contributed by atoms with Crippen LogP contribution in [0.25, 0.3) is 27.7 Å². The standard InChI is InChI=1S/C27H23Cl2NO3/c1-15-5-8-24(17(3)9-15)30-27(31)10-16(2)20-12-21-22(14-33-26(21)13-25(20)32-4)19-7-6-18(28)11-23(19)29/h5-14H,1-4H3,(H,30,31)/b16-10+. The van der Waals surface area contributed by atoms with Crippen LogP contribution in [0.1, 0.15) is 23.6 Å². The number of fused-ring (bicyclic) bond motifs is 1. The van der Waals surface area contributed by atoms with Gasteiger partial charge in [-0.3, -0.25) is 4.79 Å². The van der Waals surface area contributed by atoms with Gasteiger partial charge in [-0.1, -0.05) is 47.0 Å². The van der Waals surface area contributed by atoms with E-state index in [0.29, 0.717) is 21.4 Å². The largest absolute Gasteiger partial charge is 0.496 e. The summed E-state index contributed by atoms with van der Waals surface area (Å²) < 4.78 is 11.4. The highest BCUT2D eigenvalue weighted by Gasteiger charge is 2.16. The maximum absolute atomic E-state index is 12.7. The molecule has 0 aliphatic carbocycles. The summed E-state index contributed by atoms with van der Waals surface area (Å²) in [7, 11) is 1.59. The summed E-state index contributed by atoms with van der Waals surface area (Å²) in [6.45, 7) is 5.87. The van der Waals surface area contributed by atoms with E-state index < -0.39 is 0 Å². The van der Waals surface area contributed by atoms with Crippen LogP contribution in [0.5, 0.6) is 5.75 Å². The van der Waals surface area contributed by atoms with E-state index in [2.05, 4.69) is 5.32 Å². The zero-order valence-electron chi connectivity index (χ0n) is 18.8. The number of hydrogen-bond donors (Lipinski definition) is 1. The zero-order chi connectivity index (χ0) is 23.7. The van der Waals surface area contributed by atoms with Gasteiger partial charge in [-0.15, -0.1) is 0 Å². The molecule has 1 N–H and O–H groups in total. The van der Waals surface area contributed by atoms with E-state index in [4.69, 9.17) is 32.4 Å². The molecule has 0 radical (unpaired) electrons. The maximum Gasteiger partial charge on any atom is 0.248 e.